The van der Waals surface area contributed by atoms with Gasteiger partial charge in [-0.3, -0.25) is 0 Å². The monoisotopic (exact) mass is 300 g/mol. The van der Waals surface area contributed by atoms with Crippen molar-refractivity contribution < 1.29 is 8.78 Å². The van der Waals surface area contributed by atoms with Crippen LogP contribution in [-0.4, -0.2) is 11.5 Å². The fourth-order valence-electron chi connectivity index (χ4n) is 1.76. The number of pyridine rings is 1. The summed E-state index contributed by atoms with van der Waals surface area (Å²) in [4.78, 5) is 4.11. The minimum absolute atomic E-state index is 0.175. The Kier molecular flexibility index (Phi) is 3.28. The van der Waals surface area contributed by atoms with Crippen molar-refractivity contribution in [1.29, 1.82) is 0 Å². The van der Waals surface area contributed by atoms with E-state index < -0.39 is 11.6 Å². The molecule has 0 saturated carbocycles. The molecule has 0 saturated heterocycles. The SMILES string of the molecule is CCNc1cc(C)nc2c(F)cc(F)c(Br)c12. The molecule has 2 nitrogen and oxygen atoms in total. The molecule has 0 unspecified atom stereocenters. The first-order valence-corrected chi connectivity index (χ1v) is 6.02. The van der Waals surface area contributed by atoms with Gasteiger partial charge in [0.1, 0.15) is 11.3 Å². The summed E-state index contributed by atoms with van der Waals surface area (Å²) in [7, 11) is 0. The van der Waals surface area contributed by atoms with Crippen molar-refractivity contribution in [2.24, 2.45) is 0 Å². The predicted octanol–water partition coefficient (Wildman–Crippen LogP) is 4.02. The maximum atomic E-state index is 13.7. The molecule has 0 amide bonds. The number of hydrogen-bond acceptors (Lipinski definition) is 2. The smallest absolute Gasteiger partial charge is 0.152 e. The Bertz CT molecular complexity index is 584. The van der Waals surface area contributed by atoms with Crippen molar-refractivity contribution in [3.63, 3.8) is 0 Å². The zero-order chi connectivity index (χ0) is 12.6. The van der Waals surface area contributed by atoms with E-state index in [2.05, 4.69) is 26.2 Å². The Labute approximate surface area is 106 Å². The molecule has 0 aliphatic carbocycles. The fraction of sp³-hybridized carbons (Fsp3) is 0.250. The van der Waals surface area contributed by atoms with E-state index in [-0.39, 0.29) is 9.99 Å². The van der Waals surface area contributed by atoms with Crippen LogP contribution >= 0.6 is 15.9 Å². The number of aromatic nitrogens is 1. The Morgan fingerprint density at radius 3 is 2.65 bits per heavy atom. The average Bonchev–Trinajstić information content (AvgIpc) is 2.26. The van der Waals surface area contributed by atoms with Gasteiger partial charge in [0.15, 0.2) is 5.82 Å². The topological polar surface area (TPSA) is 24.9 Å². The molecule has 2 aromatic rings. The largest absolute Gasteiger partial charge is 0.385 e. The van der Waals surface area contributed by atoms with E-state index in [0.29, 0.717) is 23.3 Å². The number of anilines is 1. The van der Waals surface area contributed by atoms with E-state index in [4.69, 9.17) is 0 Å². The lowest BCUT2D eigenvalue weighted by atomic mass is 10.1. The number of rotatable bonds is 2. The van der Waals surface area contributed by atoms with Crippen LogP contribution in [0.3, 0.4) is 0 Å². The van der Waals surface area contributed by atoms with Crippen molar-refractivity contribution in [2.45, 2.75) is 13.8 Å². The van der Waals surface area contributed by atoms with Gasteiger partial charge in [-0.05, 0) is 35.8 Å². The summed E-state index contributed by atoms with van der Waals surface area (Å²) in [6.45, 7) is 4.37. The highest BCUT2D eigenvalue weighted by Gasteiger charge is 2.15. The van der Waals surface area contributed by atoms with Crippen LogP contribution < -0.4 is 5.32 Å². The van der Waals surface area contributed by atoms with Gasteiger partial charge < -0.3 is 5.32 Å². The van der Waals surface area contributed by atoms with Crippen LogP contribution in [0.15, 0.2) is 16.6 Å². The average molecular weight is 301 g/mol. The van der Waals surface area contributed by atoms with Crippen molar-refractivity contribution in [1.82, 2.24) is 4.98 Å². The van der Waals surface area contributed by atoms with Crippen LogP contribution in [0.4, 0.5) is 14.5 Å². The standard InChI is InChI=1S/C12H11BrF2N2/c1-3-16-9-4-6(2)17-12-8(15)5-7(14)11(13)10(9)12/h4-5H,3H2,1-2H3,(H,16,17). The number of aryl methyl sites for hydroxylation is 1. The number of halogens is 3. The molecule has 1 heterocycles. The Balaban J connectivity index is 2.89. The Morgan fingerprint density at radius 1 is 1.29 bits per heavy atom. The zero-order valence-corrected chi connectivity index (χ0v) is 11.0. The van der Waals surface area contributed by atoms with E-state index in [1.54, 1.807) is 13.0 Å². The molecule has 17 heavy (non-hydrogen) atoms. The Hall–Kier alpha value is -1.23. The van der Waals surface area contributed by atoms with Crippen LogP contribution in [0, 0.1) is 18.6 Å². The lowest BCUT2D eigenvalue weighted by Crippen LogP contribution is -2.01. The molecule has 1 aromatic heterocycles. The summed E-state index contributed by atoms with van der Waals surface area (Å²) in [5, 5.41) is 3.52. The summed E-state index contributed by atoms with van der Waals surface area (Å²) in [5.41, 5.74) is 1.54. The minimum atomic E-state index is -0.649. The molecule has 0 atom stereocenters. The predicted molar refractivity (Wildman–Crippen MR) is 68.3 cm³/mol. The quantitative estimate of drug-likeness (QED) is 0.848. The molecule has 0 aliphatic rings. The van der Waals surface area contributed by atoms with Crippen LogP contribution in [0.1, 0.15) is 12.6 Å². The zero-order valence-electron chi connectivity index (χ0n) is 9.44. The molecule has 0 spiro atoms. The number of fused-ring (bicyclic) bond motifs is 1. The maximum Gasteiger partial charge on any atom is 0.152 e. The number of nitrogens with one attached hydrogen (secondary N) is 1. The number of hydrogen-bond donors (Lipinski definition) is 1. The van der Waals surface area contributed by atoms with E-state index >= 15 is 0 Å². The molecule has 0 radical (unpaired) electrons. The molecule has 90 valence electrons. The summed E-state index contributed by atoms with van der Waals surface area (Å²) in [6.07, 6.45) is 0. The second-order valence-electron chi connectivity index (χ2n) is 3.72. The molecular formula is C12H11BrF2N2. The van der Waals surface area contributed by atoms with Gasteiger partial charge >= 0.3 is 0 Å². The third-order valence-electron chi connectivity index (χ3n) is 2.42. The summed E-state index contributed by atoms with van der Waals surface area (Å²) in [5.74, 6) is -1.27. The molecule has 0 bridgehead atoms. The normalized spacial score (nSPS) is 10.9. The number of benzene rings is 1. The summed E-state index contributed by atoms with van der Waals surface area (Å²) in [6, 6.07) is 2.62. The van der Waals surface area contributed by atoms with Gasteiger partial charge in [0.05, 0.1) is 4.47 Å². The molecule has 1 aromatic carbocycles. The van der Waals surface area contributed by atoms with Crippen LogP contribution in [-0.2, 0) is 0 Å². The first-order chi connectivity index (χ1) is 8.04. The van der Waals surface area contributed by atoms with Crippen LogP contribution in [0.5, 0.6) is 0 Å². The first kappa shape index (κ1) is 12.2. The molecule has 5 heteroatoms. The van der Waals surface area contributed by atoms with Gasteiger partial charge in [-0.25, -0.2) is 13.8 Å². The molecular weight excluding hydrogens is 290 g/mol. The van der Waals surface area contributed by atoms with Crippen molar-refractivity contribution in [3.05, 3.63) is 33.9 Å². The van der Waals surface area contributed by atoms with Crippen LogP contribution in [0.25, 0.3) is 10.9 Å². The van der Waals surface area contributed by atoms with E-state index in [0.717, 1.165) is 6.07 Å². The van der Waals surface area contributed by atoms with Crippen molar-refractivity contribution in [2.75, 3.05) is 11.9 Å². The number of nitrogens with zero attached hydrogens (tertiary/aromatic N) is 1. The van der Waals surface area contributed by atoms with E-state index in [1.807, 2.05) is 6.92 Å². The van der Waals surface area contributed by atoms with E-state index in [9.17, 15) is 8.78 Å². The van der Waals surface area contributed by atoms with Gasteiger partial charge in [-0.15, -0.1) is 0 Å². The Morgan fingerprint density at radius 2 is 2.00 bits per heavy atom. The molecule has 0 fully saturated rings. The summed E-state index contributed by atoms with van der Waals surface area (Å²) >= 11 is 3.14. The van der Waals surface area contributed by atoms with Gasteiger partial charge in [0.25, 0.3) is 0 Å². The van der Waals surface area contributed by atoms with Crippen LogP contribution in [0.2, 0.25) is 0 Å². The third-order valence-corrected chi connectivity index (χ3v) is 3.20. The molecule has 0 aliphatic heterocycles. The molecule has 1 N–H and O–H groups in total. The lowest BCUT2D eigenvalue weighted by molar-refractivity contribution is 0.586. The highest BCUT2D eigenvalue weighted by atomic mass is 79.9. The van der Waals surface area contributed by atoms with Crippen molar-refractivity contribution >= 4 is 32.5 Å². The van der Waals surface area contributed by atoms with Gasteiger partial charge in [0.2, 0.25) is 0 Å². The maximum absolute atomic E-state index is 13.7. The van der Waals surface area contributed by atoms with Gasteiger partial charge in [0, 0.05) is 29.4 Å². The summed E-state index contributed by atoms with van der Waals surface area (Å²) < 4.78 is 27.4. The fourth-order valence-corrected chi connectivity index (χ4v) is 2.28. The van der Waals surface area contributed by atoms with Gasteiger partial charge in [-0.1, -0.05) is 0 Å². The lowest BCUT2D eigenvalue weighted by Gasteiger charge is -2.11. The first-order valence-electron chi connectivity index (χ1n) is 5.23. The van der Waals surface area contributed by atoms with Crippen molar-refractivity contribution in [3.8, 4) is 0 Å². The van der Waals surface area contributed by atoms with E-state index in [1.165, 1.54) is 0 Å². The third kappa shape index (κ3) is 2.11. The minimum Gasteiger partial charge on any atom is -0.385 e. The second kappa shape index (κ2) is 4.56. The molecule has 2 rings (SSSR count). The van der Waals surface area contributed by atoms with Gasteiger partial charge in [-0.2, -0.15) is 0 Å². The highest BCUT2D eigenvalue weighted by Crippen LogP contribution is 2.34. The second-order valence-corrected chi connectivity index (χ2v) is 4.51. The highest BCUT2D eigenvalue weighted by molar-refractivity contribution is 9.10.